The summed E-state index contributed by atoms with van der Waals surface area (Å²) in [6, 6.07) is 10.4. The normalized spacial score (nSPS) is 20.5. The first-order valence-corrected chi connectivity index (χ1v) is 7.17. The van der Waals surface area contributed by atoms with E-state index in [4.69, 9.17) is 0 Å². The molecule has 1 aliphatic rings. The van der Waals surface area contributed by atoms with E-state index in [9.17, 15) is 9.90 Å². The molecule has 19 heavy (non-hydrogen) atoms. The van der Waals surface area contributed by atoms with Crippen LogP contribution in [0.3, 0.4) is 0 Å². The van der Waals surface area contributed by atoms with E-state index in [1.165, 1.54) is 5.56 Å². The van der Waals surface area contributed by atoms with Gasteiger partial charge in [0, 0.05) is 19.0 Å². The summed E-state index contributed by atoms with van der Waals surface area (Å²) in [5.74, 6) is 0.263. The molecule has 0 saturated carbocycles. The summed E-state index contributed by atoms with van der Waals surface area (Å²) in [6.07, 6.45) is 3.39. The number of aliphatic hydroxyl groups excluding tert-OH is 1. The van der Waals surface area contributed by atoms with E-state index in [0.29, 0.717) is 13.1 Å². The third-order valence-electron chi connectivity index (χ3n) is 3.84. The van der Waals surface area contributed by atoms with Crippen molar-refractivity contribution in [3.8, 4) is 0 Å². The molecule has 0 radical (unpaired) electrons. The number of likely N-dealkylation sites (tertiary alicyclic amines) is 1. The second-order valence-electron chi connectivity index (χ2n) is 5.51. The van der Waals surface area contributed by atoms with Crippen LogP contribution < -0.4 is 0 Å². The van der Waals surface area contributed by atoms with Gasteiger partial charge >= 0.3 is 0 Å². The Kier molecular flexibility index (Phi) is 4.97. The number of β-amino-alcohol motifs (C(OH)–C–C–N with tert-alkyl or cyclic N) is 1. The molecule has 0 bridgehead atoms. The third kappa shape index (κ3) is 4.06. The molecule has 1 saturated heterocycles. The standard InChI is InChI=1S/C16H23NO2/c1-13(16(19)17-11-10-15(18)12-17)6-5-9-14-7-3-2-4-8-14/h2-4,7-8,13,15,18H,5-6,9-12H2,1H3/t13?,15-/m1/s1. The fourth-order valence-electron chi connectivity index (χ4n) is 2.63. The number of carbonyl (C=O) groups is 1. The van der Waals surface area contributed by atoms with E-state index in [-0.39, 0.29) is 17.9 Å². The van der Waals surface area contributed by atoms with Crippen molar-refractivity contribution in [3.63, 3.8) is 0 Å². The van der Waals surface area contributed by atoms with Gasteiger partial charge in [0.2, 0.25) is 5.91 Å². The first-order valence-electron chi connectivity index (χ1n) is 7.17. The Hall–Kier alpha value is -1.35. The molecule has 2 rings (SSSR count). The lowest BCUT2D eigenvalue weighted by atomic mass is 10.00. The summed E-state index contributed by atoms with van der Waals surface area (Å²) < 4.78 is 0. The Labute approximate surface area is 115 Å². The van der Waals surface area contributed by atoms with Crippen molar-refractivity contribution in [2.24, 2.45) is 5.92 Å². The van der Waals surface area contributed by atoms with Crippen LogP contribution in [0.25, 0.3) is 0 Å². The van der Waals surface area contributed by atoms with Crippen LogP contribution in [-0.2, 0) is 11.2 Å². The second-order valence-corrected chi connectivity index (χ2v) is 5.51. The molecule has 2 atom stereocenters. The Balaban J connectivity index is 1.72. The molecule has 0 aliphatic carbocycles. The number of aryl methyl sites for hydroxylation is 1. The number of benzene rings is 1. The average molecular weight is 261 g/mol. The monoisotopic (exact) mass is 261 g/mol. The zero-order chi connectivity index (χ0) is 13.7. The van der Waals surface area contributed by atoms with Gasteiger partial charge in [-0.2, -0.15) is 0 Å². The van der Waals surface area contributed by atoms with E-state index < -0.39 is 0 Å². The van der Waals surface area contributed by atoms with Crippen LogP contribution in [0.2, 0.25) is 0 Å². The maximum atomic E-state index is 12.1. The van der Waals surface area contributed by atoms with Crippen LogP contribution in [-0.4, -0.2) is 35.1 Å². The smallest absolute Gasteiger partial charge is 0.225 e. The molecule has 0 aromatic heterocycles. The Morgan fingerprint density at radius 3 is 2.79 bits per heavy atom. The number of nitrogens with zero attached hydrogens (tertiary/aromatic N) is 1. The molecule has 104 valence electrons. The zero-order valence-corrected chi connectivity index (χ0v) is 11.6. The van der Waals surface area contributed by atoms with Crippen LogP contribution in [0, 0.1) is 5.92 Å². The number of rotatable bonds is 5. The van der Waals surface area contributed by atoms with E-state index >= 15 is 0 Å². The van der Waals surface area contributed by atoms with Crippen LogP contribution >= 0.6 is 0 Å². The average Bonchev–Trinajstić information content (AvgIpc) is 2.85. The summed E-state index contributed by atoms with van der Waals surface area (Å²) in [5, 5.41) is 9.46. The van der Waals surface area contributed by atoms with Gasteiger partial charge in [0.25, 0.3) is 0 Å². The van der Waals surface area contributed by atoms with Gasteiger partial charge in [0.1, 0.15) is 0 Å². The lowest BCUT2D eigenvalue weighted by molar-refractivity contribution is -0.134. The van der Waals surface area contributed by atoms with Crippen molar-refractivity contribution >= 4 is 5.91 Å². The predicted octanol–water partition coefficient (Wildman–Crippen LogP) is 2.24. The second kappa shape index (κ2) is 6.71. The maximum absolute atomic E-state index is 12.1. The maximum Gasteiger partial charge on any atom is 0.225 e. The summed E-state index contributed by atoms with van der Waals surface area (Å²) in [4.78, 5) is 14.0. The predicted molar refractivity (Wildman–Crippen MR) is 75.7 cm³/mol. The highest BCUT2D eigenvalue weighted by atomic mass is 16.3. The fraction of sp³-hybridized carbons (Fsp3) is 0.562. The molecule has 1 N–H and O–H groups in total. The van der Waals surface area contributed by atoms with Gasteiger partial charge in [-0.1, -0.05) is 37.3 Å². The van der Waals surface area contributed by atoms with Crippen molar-refractivity contribution in [2.75, 3.05) is 13.1 Å². The van der Waals surface area contributed by atoms with Gasteiger partial charge < -0.3 is 10.0 Å². The summed E-state index contributed by atoms with van der Waals surface area (Å²) >= 11 is 0. The zero-order valence-electron chi connectivity index (χ0n) is 11.6. The number of amides is 1. The van der Waals surface area contributed by atoms with Crippen LogP contribution in [0.5, 0.6) is 0 Å². The van der Waals surface area contributed by atoms with Crippen molar-refractivity contribution in [3.05, 3.63) is 35.9 Å². The minimum absolute atomic E-state index is 0.0639. The largest absolute Gasteiger partial charge is 0.391 e. The Morgan fingerprint density at radius 1 is 1.42 bits per heavy atom. The van der Waals surface area contributed by atoms with Gasteiger partial charge in [0.15, 0.2) is 0 Å². The van der Waals surface area contributed by atoms with Crippen molar-refractivity contribution in [1.82, 2.24) is 4.90 Å². The van der Waals surface area contributed by atoms with Crippen molar-refractivity contribution < 1.29 is 9.90 Å². The van der Waals surface area contributed by atoms with E-state index in [1.54, 1.807) is 4.90 Å². The number of aliphatic hydroxyl groups is 1. The number of hydrogen-bond acceptors (Lipinski definition) is 2. The first kappa shape index (κ1) is 14.1. The SMILES string of the molecule is CC(CCCc1ccccc1)C(=O)N1CC[C@@H](O)C1. The first-order chi connectivity index (χ1) is 9.16. The van der Waals surface area contributed by atoms with Gasteiger partial charge in [-0.15, -0.1) is 0 Å². The van der Waals surface area contributed by atoms with Crippen molar-refractivity contribution in [1.29, 1.82) is 0 Å². The minimum atomic E-state index is -0.319. The topological polar surface area (TPSA) is 40.5 Å². The molecule has 1 heterocycles. The molecule has 1 fully saturated rings. The van der Waals surface area contributed by atoms with Gasteiger partial charge in [0.05, 0.1) is 6.10 Å². The third-order valence-corrected chi connectivity index (χ3v) is 3.84. The highest BCUT2D eigenvalue weighted by molar-refractivity contribution is 5.78. The minimum Gasteiger partial charge on any atom is -0.391 e. The molecular formula is C16H23NO2. The summed E-state index contributed by atoms with van der Waals surface area (Å²) in [5.41, 5.74) is 1.33. The summed E-state index contributed by atoms with van der Waals surface area (Å²) in [7, 11) is 0. The molecule has 3 nitrogen and oxygen atoms in total. The quantitative estimate of drug-likeness (QED) is 0.883. The lowest BCUT2D eigenvalue weighted by Crippen LogP contribution is -2.34. The Morgan fingerprint density at radius 2 is 2.16 bits per heavy atom. The van der Waals surface area contributed by atoms with E-state index in [2.05, 4.69) is 24.3 Å². The van der Waals surface area contributed by atoms with Gasteiger partial charge in [-0.3, -0.25) is 4.79 Å². The Bertz CT molecular complexity index is 404. The van der Waals surface area contributed by atoms with E-state index in [1.807, 2.05) is 13.0 Å². The molecule has 1 amide bonds. The molecule has 0 spiro atoms. The van der Waals surface area contributed by atoms with Gasteiger partial charge in [-0.25, -0.2) is 0 Å². The van der Waals surface area contributed by atoms with Crippen molar-refractivity contribution in [2.45, 2.75) is 38.7 Å². The van der Waals surface area contributed by atoms with Gasteiger partial charge in [-0.05, 0) is 31.2 Å². The fourth-order valence-corrected chi connectivity index (χ4v) is 2.63. The molecule has 1 unspecified atom stereocenters. The number of carbonyl (C=O) groups excluding carboxylic acids is 1. The summed E-state index contributed by atoms with van der Waals surface area (Å²) in [6.45, 7) is 3.23. The van der Waals surface area contributed by atoms with Crippen LogP contribution in [0.1, 0.15) is 31.7 Å². The van der Waals surface area contributed by atoms with Crippen LogP contribution in [0.4, 0.5) is 0 Å². The van der Waals surface area contributed by atoms with Crippen LogP contribution in [0.15, 0.2) is 30.3 Å². The lowest BCUT2D eigenvalue weighted by Gasteiger charge is -2.20. The molecular weight excluding hydrogens is 238 g/mol. The molecule has 3 heteroatoms. The van der Waals surface area contributed by atoms with E-state index in [0.717, 1.165) is 25.7 Å². The molecule has 1 aliphatic heterocycles. The highest BCUT2D eigenvalue weighted by Crippen LogP contribution is 2.17. The highest BCUT2D eigenvalue weighted by Gasteiger charge is 2.27. The molecule has 1 aromatic rings. The molecule has 1 aromatic carbocycles. The number of hydrogen-bond donors (Lipinski definition) is 1.